The van der Waals surface area contributed by atoms with Crippen molar-refractivity contribution in [1.29, 1.82) is 0 Å². The number of halogens is 3. The summed E-state index contributed by atoms with van der Waals surface area (Å²) in [6.07, 6.45) is -4.42. The van der Waals surface area contributed by atoms with E-state index in [1.165, 1.54) is 0 Å². The second kappa shape index (κ2) is 4.22. The van der Waals surface area contributed by atoms with Gasteiger partial charge in [0.15, 0.2) is 11.0 Å². The molecule has 6 heteroatoms. The Morgan fingerprint density at radius 3 is 2.65 bits per heavy atom. The number of nitrogens with one attached hydrogen (secondary N) is 1. The Morgan fingerprint density at radius 2 is 2.05 bits per heavy atom. The van der Waals surface area contributed by atoms with Crippen molar-refractivity contribution in [3.8, 4) is 0 Å². The van der Waals surface area contributed by atoms with E-state index in [1.807, 2.05) is 19.9 Å². The highest BCUT2D eigenvalue weighted by molar-refractivity contribution is 5.77. The van der Waals surface area contributed by atoms with Crippen LogP contribution >= 0.6 is 0 Å². The Morgan fingerprint density at radius 1 is 1.30 bits per heavy atom. The lowest BCUT2D eigenvalue weighted by atomic mass is 9.86. The molecule has 20 heavy (non-hydrogen) atoms. The van der Waals surface area contributed by atoms with Crippen molar-refractivity contribution in [3.63, 3.8) is 0 Å². The summed E-state index contributed by atoms with van der Waals surface area (Å²) in [6.45, 7) is 3.84. The molecule has 0 saturated carbocycles. The predicted octanol–water partition coefficient (Wildman–Crippen LogP) is 3.24. The van der Waals surface area contributed by atoms with Crippen LogP contribution in [0, 0.1) is 13.8 Å². The van der Waals surface area contributed by atoms with Crippen LogP contribution in [0.1, 0.15) is 23.4 Å². The third-order valence-corrected chi connectivity index (χ3v) is 3.93. The Balaban J connectivity index is 2.20. The lowest BCUT2D eigenvalue weighted by Crippen LogP contribution is -2.44. The van der Waals surface area contributed by atoms with Gasteiger partial charge in [0.2, 0.25) is 5.89 Å². The molecule has 108 valence electrons. The summed E-state index contributed by atoms with van der Waals surface area (Å²) in [4.78, 5) is 4.13. The van der Waals surface area contributed by atoms with Gasteiger partial charge < -0.3 is 9.73 Å². The molecule has 1 saturated heterocycles. The summed E-state index contributed by atoms with van der Waals surface area (Å²) in [5.74, 6) is -0.223. The van der Waals surface area contributed by atoms with Crippen LogP contribution in [0.3, 0.4) is 0 Å². The highest BCUT2D eigenvalue weighted by Crippen LogP contribution is 2.45. The van der Waals surface area contributed by atoms with Gasteiger partial charge in [0, 0.05) is 6.54 Å². The molecular formula is C14H15F3N2O. The van der Waals surface area contributed by atoms with Crippen molar-refractivity contribution in [3.05, 3.63) is 29.2 Å². The van der Waals surface area contributed by atoms with E-state index < -0.39 is 11.6 Å². The zero-order valence-corrected chi connectivity index (χ0v) is 11.3. The van der Waals surface area contributed by atoms with E-state index in [1.54, 1.807) is 6.07 Å². The molecule has 3 nitrogen and oxygen atoms in total. The molecule has 1 fully saturated rings. The van der Waals surface area contributed by atoms with Crippen LogP contribution in [0.2, 0.25) is 0 Å². The maximum atomic E-state index is 13.5. The Bertz CT molecular complexity index is 654. The summed E-state index contributed by atoms with van der Waals surface area (Å²) in [6, 6.07) is 3.63. The van der Waals surface area contributed by atoms with E-state index in [9.17, 15) is 13.2 Å². The quantitative estimate of drug-likeness (QED) is 0.873. The molecule has 1 atom stereocenters. The van der Waals surface area contributed by atoms with Crippen LogP contribution in [0.25, 0.3) is 11.1 Å². The highest BCUT2D eigenvalue weighted by Gasteiger charge is 2.60. The third-order valence-electron chi connectivity index (χ3n) is 3.93. The van der Waals surface area contributed by atoms with Crippen LogP contribution in [0.4, 0.5) is 13.2 Å². The van der Waals surface area contributed by atoms with Gasteiger partial charge in [-0.05, 0) is 44.0 Å². The fourth-order valence-electron chi connectivity index (χ4n) is 2.82. The molecule has 0 spiro atoms. The molecule has 0 amide bonds. The van der Waals surface area contributed by atoms with Gasteiger partial charge in [0.25, 0.3) is 0 Å². The first-order valence-electron chi connectivity index (χ1n) is 6.49. The van der Waals surface area contributed by atoms with Crippen molar-refractivity contribution in [2.75, 3.05) is 13.1 Å². The molecule has 1 aromatic carbocycles. The fourth-order valence-corrected chi connectivity index (χ4v) is 2.82. The summed E-state index contributed by atoms with van der Waals surface area (Å²) in [5.41, 5.74) is 0.698. The number of nitrogens with zero attached hydrogens (tertiary/aromatic N) is 1. The number of rotatable bonds is 1. The molecule has 0 radical (unpaired) electrons. The first kappa shape index (κ1) is 13.4. The summed E-state index contributed by atoms with van der Waals surface area (Å²) < 4.78 is 45.9. The minimum absolute atomic E-state index is 0.0403. The average Bonchev–Trinajstić information content (AvgIpc) is 2.92. The van der Waals surface area contributed by atoms with Gasteiger partial charge in [-0.2, -0.15) is 13.2 Å². The molecule has 1 N–H and O–H groups in total. The Labute approximate surface area is 114 Å². The van der Waals surface area contributed by atoms with Crippen molar-refractivity contribution < 1.29 is 17.6 Å². The van der Waals surface area contributed by atoms with Gasteiger partial charge in [-0.25, -0.2) is 4.98 Å². The van der Waals surface area contributed by atoms with Crippen molar-refractivity contribution in [2.24, 2.45) is 0 Å². The molecule has 1 aliphatic heterocycles. The van der Waals surface area contributed by atoms with Crippen molar-refractivity contribution in [2.45, 2.75) is 31.9 Å². The molecule has 1 aliphatic rings. The maximum Gasteiger partial charge on any atom is 0.404 e. The van der Waals surface area contributed by atoms with Crippen LogP contribution in [-0.2, 0) is 5.41 Å². The Kier molecular flexibility index (Phi) is 2.83. The van der Waals surface area contributed by atoms with Gasteiger partial charge in [-0.3, -0.25) is 0 Å². The van der Waals surface area contributed by atoms with Crippen molar-refractivity contribution in [1.82, 2.24) is 10.3 Å². The normalized spacial score (nSPS) is 23.6. The number of alkyl halides is 3. The average molecular weight is 284 g/mol. The molecule has 1 unspecified atom stereocenters. The topological polar surface area (TPSA) is 38.1 Å². The largest absolute Gasteiger partial charge is 0.439 e. The van der Waals surface area contributed by atoms with Crippen molar-refractivity contribution >= 4 is 11.1 Å². The summed E-state index contributed by atoms with van der Waals surface area (Å²) in [5, 5.41) is 2.77. The number of oxazole rings is 1. The van der Waals surface area contributed by atoms with Gasteiger partial charge in [-0.1, -0.05) is 6.07 Å². The van der Waals surface area contributed by atoms with E-state index in [4.69, 9.17) is 4.42 Å². The SMILES string of the molecule is Cc1cc(C)c2oc(C3(C(F)(F)F)CCNC3)nc2c1. The summed E-state index contributed by atoms with van der Waals surface area (Å²) >= 11 is 0. The first-order chi connectivity index (χ1) is 9.33. The zero-order chi connectivity index (χ0) is 14.5. The number of aryl methyl sites for hydroxylation is 2. The molecule has 2 aromatic rings. The minimum atomic E-state index is -4.37. The number of hydrogen-bond donors (Lipinski definition) is 1. The van der Waals surface area contributed by atoms with Crippen LogP contribution in [-0.4, -0.2) is 24.2 Å². The van der Waals surface area contributed by atoms with Crippen LogP contribution in [0.5, 0.6) is 0 Å². The van der Waals surface area contributed by atoms with E-state index in [0.29, 0.717) is 17.6 Å². The molecule has 2 heterocycles. The molecule has 0 aliphatic carbocycles. The monoisotopic (exact) mass is 284 g/mol. The minimum Gasteiger partial charge on any atom is -0.439 e. The predicted molar refractivity (Wildman–Crippen MR) is 68.7 cm³/mol. The highest BCUT2D eigenvalue weighted by atomic mass is 19.4. The van der Waals surface area contributed by atoms with E-state index in [-0.39, 0.29) is 18.9 Å². The van der Waals surface area contributed by atoms with Gasteiger partial charge >= 0.3 is 6.18 Å². The lowest BCUT2D eigenvalue weighted by Gasteiger charge is -2.27. The van der Waals surface area contributed by atoms with E-state index >= 15 is 0 Å². The number of hydrogen-bond acceptors (Lipinski definition) is 3. The first-order valence-corrected chi connectivity index (χ1v) is 6.49. The molecular weight excluding hydrogens is 269 g/mol. The van der Waals surface area contributed by atoms with Gasteiger partial charge in [-0.15, -0.1) is 0 Å². The fraction of sp³-hybridized carbons (Fsp3) is 0.500. The molecule has 1 aromatic heterocycles. The lowest BCUT2D eigenvalue weighted by molar-refractivity contribution is -0.190. The van der Waals surface area contributed by atoms with Gasteiger partial charge in [0.05, 0.1) is 0 Å². The van der Waals surface area contributed by atoms with E-state index in [0.717, 1.165) is 11.1 Å². The summed E-state index contributed by atoms with van der Waals surface area (Å²) in [7, 11) is 0. The number of aromatic nitrogens is 1. The number of benzene rings is 1. The third kappa shape index (κ3) is 1.82. The van der Waals surface area contributed by atoms with Crippen LogP contribution in [0.15, 0.2) is 16.5 Å². The Hall–Kier alpha value is -1.56. The molecule has 0 bridgehead atoms. The van der Waals surface area contributed by atoms with E-state index in [2.05, 4.69) is 10.3 Å². The maximum absolute atomic E-state index is 13.5. The zero-order valence-electron chi connectivity index (χ0n) is 11.3. The standard InChI is InChI=1S/C14H15F3N2O/c1-8-5-9(2)11-10(6-8)19-12(20-11)13(14(15,16)17)3-4-18-7-13/h5-6,18H,3-4,7H2,1-2H3. The second-order valence-corrected chi connectivity index (χ2v) is 5.46. The second-order valence-electron chi connectivity index (χ2n) is 5.46. The smallest absolute Gasteiger partial charge is 0.404 e. The number of fused-ring (bicyclic) bond motifs is 1. The van der Waals surface area contributed by atoms with Gasteiger partial charge in [0.1, 0.15) is 5.52 Å². The van der Waals surface area contributed by atoms with Crippen LogP contribution < -0.4 is 5.32 Å². The molecule has 3 rings (SSSR count).